The molecule has 1 aromatic carbocycles. The SMILES string of the molecule is C#CCN(CC1CC1)C(=O)c1ccc(Br)cc1Br. The molecule has 1 aliphatic carbocycles. The van der Waals surface area contributed by atoms with Crippen LogP contribution in [0.1, 0.15) is 23.2 Å². The van der Waals surface area contributed by atoms with Crippen LogP contribution in [-0.2, 0) is 0 Å². The fourth-order valence-corrected chi connectivity index (χ4v) is 2.99. The van der Waals surface area contributed by atoms with Crippen LogP contribution in [0.4, 0.5) is 0 Å². The Labute approximate surface area is 124 Å². The average Bonchev–Trinajstić information content (AvgIpc) is 3.11. The van der Waals surface area contributed by atoms with Gasteiger partial charge in [0.2, 0.25) is 0 Å². The molecule has 0 spiro atoms. The first-order valence-electron chi connectivity index (χ1n) is 5.79. The van der Waals surface area contributed by atoms with Crippen LogP contribution >= 0.6 is 31.9 Å². The molecule has 0 atom stereocenters. The molecular weight excluding hydrogens is 358 g/mol. The van der Waals surface area contributed by atoms with Crippen molar-refractivity contribution in [3.8, 4) is 12.3 Å². The lowest BCUT2D eigenvalue weighted by molar-refractivity contribution is 0.0769. The molecular formula is C14H13Br2NO. The van der Waals surface area contributed by atoms with E-state index in [-0.39, 0.29) is 5.91 Å². The van der Waals surface area contributed by atoms with Gasteiger partial charge >= 0.3 is 0 Å². The molecule has 0 aliphatic heterocycles. The van der Waals surface area contributed by atoms with Crippen LogP contribution in [0, 0.1) is 18.3 Å². The van der Waals surface area contributed by atoms with Crippen LogP contribution in [0.2, 0.25) is 0 Å². The second-order valence-corrected chi connectivity index (χ2v) is 6.23. The number of nitrogens with zero attached hydrogens (tertiary/aromatic N) is 1. The van der Waals surface area contributed by atoms with E-state index in [1.165, 1.54) is 12.8 Å². The molecule has 18 heavy (non-hydrogen) atoms. The summed E-state index contributed by atoms with van der Waals surface area (Å²) in [7, 11) is 0. The first-order chi connectivity index (χ1) is 8.61. The number of terminal acetylenes is 1. The van der Waals surface area contributed by atoms with Crippen molar-refractivity contribution < 1.29 is 4.79 Å². The van der Waals surface area contributed by atoms with E-state index in [1.807, 2.05) is 18.2 Å². The summed E-state index contributed by atoms with van der Waals surface area (Å²) in [6.45, 7) is 1.14. The van der Waals surface area contributed by atoms with Crippen molar-refractivity contribution in [1.29, 1.82) is 0 Å². The number of carbonyl (C=O) groups excluding carboxylic acids is 1. The van der Waals surface area contributed by atoms with Gasteiger partial charge in [-0.3, -0.25) is 4.79 Å². The monoisotopic (exact) mass is 369 g/mol. The molecule has 2 nitrogen and oxygen atoms in total. The second kappa shape index (κ2) is 5.90. The predicted octanol–water partition coefficient (Wildman–Crippen LogP) is 3.70. The minimum Gasteiger partial charge on any atom is -0.327 e. The number of carbonyl (C=O) groups is 1. The van der Waals surface area contributed by atoms with Crippen LogP contribution in [0.15, 0.2) is 27.1 Å². The van der Waals surface area contributed by atoms with Gasteiger partial charge in [-0.1, -0.05) is 21.9 Å². The van der Waals surface area contributed by atoms with Crippen molar-refractivity contribution >= 4 is 37.8 Å². The summed E-state index contributed by atoms with van der Waals surface area (Å²) >= 11 is 6.80. The number of hydrogen-bond acceptors (Lipinski definition) is 1. The summed E-state index contributed by atoms with van der Waals surface area (Å²) in [4.78, 5) is 14.2. The molecule has 4 heteroatoms. The highest BCUT2D eigenvalue weighted by atomic mass is 79.9. The molecule has 0 N–H and O–H groups in total. The first kappa shape index (κ1) is 13.6. The zero-order chi connectivity index (χ0) is 13.1. The van der Waals surface area contributed by atoms with Gasteiger partial charge in [0, 0.05) is 15.5 Å². The highest BCUT2D eigenvalue weighted by Gasteiger charge is 2.27. The third-order valence-corrected chi connectivity index (χ3v) is 4.06. The smallest absolute Gasteiger partial charge is 0.255 e. The van der Waals surface area contributed by atoms with E-state index in [2.05, 4.69) is 37.8 Å². The van der Waals surface area contributed by atoms with Crippen molar-refractivity contribution in [3.63, 3.8) is 0 Å². The number of halogens is 2. The number of hydrogen-bond donors (Lipinski definition) is 0. The quantitative estimate of drug-likeness (QED) is 0.740. The number of rotatable bonds is 4. The lowest BCUT2D eigenvalue weighted by Gasteiger charge is -2.20. The van der Waals surface area contributed by atoms with Gasteiger partial charge in [-0.25, -0.2) is 0 Å². The zero-order valence-corrected chi connectivity index (χ0v) is 13.0. The van der Waals surface area contributed by atoms with E-state index in [1.54, 1.807) is 4.90 Å². The van der Waals surface area contributed by atoms with Crippen LogP contribution in [-0.4, -0.2) is 23.9 Å². The van der Waals surface area contributed by atoms with Crippen molar-refractivity contribution in [2.24, 2.45) is 5.92 Å². The molecule has 1 aliphatic rings. The summed E-state index contributed by atoms with van der Waals surface area (Å²) in [5.41, 5.74) is 0.661. The molecule has 0 unspecified atom stereocenters. The summed E-state index contributed by atoms with van der Waals surface area (Å²) in [5, 5.41) is 0. The van der Waals surface area contributed by atoms with Gasteiger partial charge in [-0.2, -0.15) is 0 Å². The fourth-order valence-electron chi connectivity index (χ4n) is 1.77. The minimum atomic E-state index is -0.000718. The Morgan fingerprint density at radius 1 is 1.44 bits per heavy atom. The lowest BCUT2D eigenvalue weighted by atomic mass is 10.2. The molecule has 2 rings (SSSR count). The maximum Gasteiger partial charge on any atom is 0.255 e. The average molecular weight is 371 g/mol. The van der Waals surface area contributed by atoms with Gasteiger partial charge in [0.05, 0.1) is 12.1 Å². The zero-order valence-electron chi connectivity index (χ0n) is 9.83. The predicted molar refractivity (Wildman–Crippen MR) is 79.3 cm³/mol. The lowest BCUT2D eigenvalue weighted by Crippen LogP contribution is -2.33. The third-order valence-electron chi connectivity index (χ3n) is 2.91. The molecule has 0 heterocycles. The Morgan fingerprint density at radius 3 is 2.72 bits per heavy atom. The van der Waals surface area contributed by atoms with E-state index >= 15 is 0 Å². The fraction of sp³-hybridized carbons (Fsp3) is 0.357. The van der Waals surface area contributed by atoms with Crippen LogP contribution in [0.25, 0.3) is 0 Å². The highest BCUT2D eigenvalue weighted by Crippen LogP contribution is 2.31. The van der Waals surface area contributed by atoms with E-state index in [0.717, 1.165) is 15.5 Å². The number of amides is 1. The van der Waals surface area contributed by atoms with E-state index in [0.29, 0.717) is 18.0 Å². The number of benzene rings is 1. The molecule has 1 fully saturated rings. The standard InChI is InChI=1S/C14H13Br2NO/c1-2-7-17(9-10-3-4-10)14(18)12-6-5-11(15)8-13(12)16/h1,5-6,8,10H,3-4,7,9H2. The summed E-state index contributed by atoms with van der Waals surface area (Å²) in [6.07, 6.45) is 7.75. The van der Waals surface area contributed by atoms with Crippen molar-refractivity contribution in [3.05, 3.63) is 32.7 Å². The molecule has 0 aromatic heterocycles. The van der Waals surface area contributed by atoms with Gasteiger partial charge in [0.1, 0.15) is 0 Å². The van der Waals surface area contributed by atoms with Gasteiger partial charge < -0.3 is 4.90 Å². The molecule has 94 valence electrons. The molecule has 1 saturated carbocycles. The van der Waals surface area contributed by atoms with Crippen LogP contribution in [0.3, 0.4) is 0 Å². The van der Waals surface area contributed by atoms with Crippen LogP contribution < -0.4 is 0 Å². The Kier molecular flexibility index (Phi) is 4.47. The van der Waals surface area contributed by atoms with Gasteiger partial charge in [-0.05, 0) is 52.9 Å². The van der Waals surface area contributed by atoms with Gasteiger partial charge in [0.25, 0.3) is 5.91 Å². The van der Waals surface area contributed by atoms with Gasteiger partial charge in [-0.15, -0.1) is 6.42 Å². The Hall–Kier alpha value is -0.790. The first-order valence-corrected chi connectivity index (χ1v) is 7.38. The summed E-state index contributed by atoms with van der Waals surface area (Å²) in [6, 6.07) is 5.55. The van der Waals surface area contributed by atoms with Crippen molar-refractivity contribution in [1.82, 2.24) is 4.90 Å². The summed E-state index contributed by atoms with van der Waals surface area (Å²) in [5.74, 6) is 3.20. The maximum absolute atomic E-state index is 12.4. The molecule has 0 radical (unpaired) electrons. The van der Waals surface area contributed by atoms with Crippen molar-refractivity contribution in [2.75, 3.05) is 13.1 Å². The van der Waals surface area contributed by atoms with Crippen molar-refractivity contribution in [2.45, 2.75) is 12.8 Å². The van der Waals surface area contributed by atoms with E-state index < -0.39 is 0 Å². The molecule has 0 bridgehead atoms. The molecule has 0 saturated heterocycles. The second-order valence-electron chi connectivity index (χ2n) is 4.46. The third kappa shape index (κ3) is 3.37. The molecule has 1 amide bonds. The molecule has 1 aromatic rings. The van der Waals surface area contributed by atoms with E-state index in [4.69, 9.17) is 6.42 Å². The Bertz CT molecular complexity index is 503. The Morgan fingerprint density at radius 2 is 2.17 bits per heavy atom. The largest absolute Gasteiger partial charge is 0.327 e. The van der Waals surface area contributed by atoms with E-state index in [9.17, 15) is 4.79 Å². The normalized spacial score (nSPS) is 14.1. The topological polar surface area (TPSA) is 20.3 Å². The highest BCUT2D eigenvalue weighted by molar-refractivity contribution is 9.11. The minimum absolute atomic E-state index is 0.000718. The Balaban J connectivity index is 2.18. The van der Waals surface area contributed by atoms with Gasteiger partial charge in [0.15, 0.2) is 0 Å². The van der Waals surface area contributed by atoms with Crippen LogP contribution in [0.5, 0.6) is 0 Å². The maximum atomic E-state index is 12.4. The summed E-state index contributed by atoms with van der Waals surface area (Å²) < 4.78 is 1.73.